The zero-order valence-electron chi connectivity index (χ0n) is 14.4. The lowest BCUT2D eigenvalue weighted by Gasteiger charge is -2.34. The fourth-order valence-electron chi connectivity index (χ4n) is 3.17. The molecule has 1 aliphatic heterocycles. The predicted octanol–water partition coefficient (Wildman–Crippen LogP) is 3.23. The van der Waals surface area contributed by atoms with Gasteiger partial charge in [0.15, 0.2) is 11.5 Å². The maximum absolute atomic E-state index is 5.96. The van der Waals surface area contributed by atoms with E-state index in [-0.39, 0.29) is 0 Å². The molecule has 3 aromatic heterocycles. The average Bonchev–Trinajstić information content (AvgIpc) is 3.36. The summed E-state index contributed by atoms with van der Waals surface area (Å²) in [6, 6.07) is 13.7. The number of hydrogen-bond acceptors (Lipinski definition) is 7. The van der Waals surface area contributed by atoms with Gasteiger partial charge in [-0.3, -0.25) is 0 Å². The zero-order valence-corrected chi connectivity index (χ0v) is 15.9. The lowest BCUT2D eigenvalue weighted by molar-refractivity contribution is 0.647. The highest BCUT2D eigenvalue weighted by Gasteiger charge is 2.22. The maximum atomic E-state index is 5.96. The van der Waals surface area contributed by atoms with E-state index in [0.717, 1.165) is 54.2 Å². The molecule has 9 heteroatoms. The largest absolute Gasteiger partial charge is 0.352 e. The molecule has 27 heavy (non-hydrogen) atoms. The Hall–Kier alpha value is -2.71. The fourth-order valence-corrected chi connectivity index (χ4v) is 4.06. The molecule has 0 atom stereocenters. The van der Waals surface area contributed by atoms with Gasteiger partial charge in [-0.15, -0.1) is 0 Å². The number of piperazine rings is 1. The number of halogens is 1. The highest BCUT2D eigenvalue weighted by molar-refractivity contribution is 7.09. The minimum atomic E-state index is 0.460. The van der Waals surface area contributed by atoms with Crippen molar-refractivity contribution in [1.82, 2.24) is 24.0 Å². The van der Waals surface area contributed by atoms with Crippen LogP contribution in [0.25, 0.3) is 17.0 Å². The van der Waals surface area contributed by atoms with Gasteiger partial charge >= 0.3 is 0 Å². The summed E-state index contributed by atoms with van der Waals surface area (Å²) in [5, 5.41) is 5.68. The molecule has 0 radical (unpaired) electrons. The topological polar surface area (TPSA) is 62.5 Å². The van der Waals surface area contributed by atoms with Crippen LogP contribution in [0.15, 0.2) is 48.7 Å². The highest BCUT2D eigenvalue weighted by Crippen LogP contribution is 2.25. The second kappa shape index (κ2) is 6.79. The van der Waals surface area contributed by atoms with Crippen LogP contribution >= 0.6 is 23.1 Å². The van der Waals surface area contributed by atoms with Crippen LogP contribution in [0.5, 0.6) is 0 Å². The van der Waals surface area contributed by atoms with Crippen molar-refractivity contribution in [3.05, 3.63) is 53.8 Å². The van der Waals surface area contributed by atoms with Gasteiger partial charge in [-0.25, -0.2) is 9.50 Å². The maximum Gasteiger partial charge on any atom is 0.205 e. The smallest absolute Gasteiger partial charge is 0.205 e. The third-order valence-corrected chi connectivity index (χ3v) is 5.57. The molecule has 136 valence electrons. The van der Waals surface area contributed by atoms with Crippen molar-refractivity contribution >= 4 is 39.7 Å². The van der Waals surface area contributed by atoms with Gasteiger partial charge in [0.25, 0.3) is 0 Å². The minimum Gasteiger partial charge on any atom is -0.352 e. The molecule has 0 spiro atoms. The molecule has 4 heterocycles. The van der Waals surface area contributed by atoms with Crippen LogP contribution in [0.3, 0.4) is 0 Å². The summed E-state index contributed by atoms with van der Waals surface area (Å²) in [5.41, 5.74) is 1.85. The Morgan fingerprint density at radius 3 is 2.48 bits per heavy atom. The van der Waals surface area contributed by atoms with Crippen LogP contribution in [-0.4, -0.2) is 50.1 Å². The van der Waals surface area contributed by atoms with Gasteiger partial charge < -0.3 is 9.80 Å². The number of nitrogens with zero attached hydrogens (tertiary/aromatic N) is 7. The van der Waals surface area contributed by atoms with Gasteiger partial charge in [-0.1, -0.05) is 41.9 Å². The number of imidazole rings is 1. The van der Waals surface area contributed by atoms with Crippen LogP contribution in [0.1, 0.15) is 0 Å². The van der Waals surface area contributed by atoms with Crippen molar-refractivity contribution in [3.8, 4) is 11.4 Å². The van der Waals surface area contributed by atoms with Crippen molar-refractivity contribution < 1.29 is 0 Å². The van der Waals surface area contributed by atoms with Gasteiger partial charge in [0.2, 0.25) is 5.13 Å². The predicted molar refractivity (Wildman–Crippen MR) is 108 cm³/mol. The van der Waals surface area contributed by atoms with E-state index >= 15 is 0 Å². The number of anilines is 2. The molecular weight excluding hydrogens is 382 g/mol. The highest BCUT2D eigenvalue weighted by atomic mass is 35.5. The molecular formula is C18H16ClN7S. The molecule has 1 aliphatic rings. The van der Waals surface area contributed by atoms with E-state index in [2.05, 4.69) is 24.3 Å². The number of hydrogen-bond donors (Lipinski definition) is 0. The quantitative estimate of drug-likeness (QED) is 0.529. The molecule has 0 bridgehead atoms. The SMILES string of the molecule is Clc1ccc2nc(N3CCN(c4nc(-c5ccccc5)ns4)CC3)cn2n1. The van der Waals surface area contributed by atoms with E-state index in [1.54, 1.807) is 10.6 Å². The summed E-state index contributed by atoms with van der Waals surface area (Å²) in [4.78, 5) is 13.9. The number of benzene rings is 1. The molecule has 0 amide bonds. The molecule has 5 rings (SSSR count). The summed E-state index contributed by atoms with van der Waals surface area (Å²) in [6.07, 6.45) is 1.93. The molecule has 0 unspecified atom stereocenters. The average molecular weight is 398 g/mol. The van der Waals surface area contributed by atoms with E-state index in [1.807, 2.05) is 42.6 Å². The molecule has 4 aromatic rings. The summed E-state index contributed by atoms with van der Waals surface area (Å²) >= 11 is 7.41. The van der Waals surface area contributed by atoms with Gasteiger partial charge in [0, 0.05) is 43.3 Å². The fraction of sp³-hybridized carbons (Fsp3) is 0.222. The Morgan fingerprint density at radius 1 is 0.889 bits per heavy atom. The first-order valence-corrected chi connectivity index (χ1v) is 9.82. The van der Waals surface area contributed by atoms with Crippen LogP contribution in [0.2, 0.25) is 5.15 Å². The van der Waals surface area contributed by atoms with Crippen molar-refractivity contribution in [1.29, 1.82) is 0 Å². The van der Waals surface area contributed by atoms with E-state index in [4.69, 9.17) is 16.6 Å². The van der Waals surface area contributed by atoms with Crippen LogP contribution in [0, 0.1) is 0 Å². The molecule has 0 aliphatic carbocycles. The Labute approximate surface area is 165 Å². The first-order valence-electron chi connectivity index (χ1n) is 8.67. The van der Waals surface area contributed by atoms with Crippen molar-refractivity contribution in [2.45, 2.75) is 0 Å². The Morgan fingerprint density at radius 2 is 1.67 bits per heavy atom. The lowest BCUT2D eigenvalue weighted by Crippen LogP contribution is -2.46. The van der Waals surface area contributed by atoms with E-state index < -0.39 is 0 Å². The number of aromatic nitrogens is 5. The number of rotatable bonds is 3. The molecule has 1 saturated heterocycles. The second-order valence-corrected chi connectivity index (χ2v) is 7.42. The molecule has 0 N–H and O–H groups in total. The normalized spacial score (nSPS) is 14.9. The molecule has 7 nitrogen and oxygen atoms in total. The summed E-state index contributed by atoms with van der Waals surface area (Å²) in [6.45, 7) is 3.51. The monoisotopic (exact) mass is 397 g/mol. The lowest BCUT2D eigenvalue weighted by atomic mass is 10.2. The Balaban J connectivity index is 1.29. The third kappa shape index (κ3) is 3.22. The summed E-state index contributed by atoms with van der Waals surface area (Å²) < 4.78 is 6.24. The van der Waals surface area contributed by atoms with Crippen LogP contribution in [-0.2, 0) is 0 Å². The van der Waals surface area contributed by atoms with Crippen LogP contribution < -0.4 is 9.80 Å². The first kappa shape index (κ1) is 16.5. The number of fused-ring (bicyclic) bond motifs is 1. The van der Waals surface area contributed by atoms with Gasteiger partial charge in [0.05, 0.1) is 6.20 Å². The van der Waals surface area contributed by atoms with Crippen molar-refractivity contribution in [3.63, 3.8) is 0 Å². The summed E-state index contributed by atoms with van der Waals surface area (Å²) in [7, 11) is 0. The standard InChI is InChI=1S/C18H16ClN7S/c19-14-6-7-15-20-16(12-26(15)22-14)24-8-10-25(11-9-24)18-21-17(23-27-18)13-4-2-1-3-5-13/h1-7,12H,8-11H2. The molecule has 1 aromatic carbocycles. The second-order valence-electron chi connectivity index (χ2n) is 6.30. The molecule has 0 saturated carbocycles. The van der Waals surface area contributed by atoms with E-state index in [0.29, 0.717) is 5.15 Å². The summed E-state index contributed by atoms with van der Waals surface area (Å²) in [5.74, 6) is 1.72. The van der Waals surface area contributed by atoms with E-state index in [1.165, 1.54) is 11.5 Å². The minimum absolute atomic E-state index is 0.460. The zero-order chi connectivity index (χ0) is 18.2. The molecule has 1 fully saturated rings. The van der Waals surface area contributed by atoms with Crippen LogP contribution in [0.4, 0.5) is 10.9 Å². The van der Waals surface area contributed by atoms with Gasteiger partial charge in [-0.05, 0) is 12.1 Å². The Kier molecular flexibility index (Phi) is 4.14. The van der Waals surface area contributed by atoms with Gasteiger partial charge in [0.1, 0.15) is 11.0 Å². The third-order valence-electron chi connectivity index (χ3n) is 4.60. The van der Waals surface area contributed by atoms with Crippen molar-refractivity contribution in [2.24, 2.45) is 0 Å². The van der Waals surface area contributed by atoms with Gasteiger partial charge in [-0.2, -0.15) is 14.5 Å². The van der Waals surface area contributed by atoms with E-state index in [9.17, 15) is 0 Å². The first-order chi connectivity index (χ1) is 13.3. The van der Waals surface area contributed by atoms with Crippen molar-refractivity contribution in [2.75, 3.05) is 36.0 Å². The Bertz CT molecular complexity index is 1070.